The highest BCUT2D eigenvalue weighted by molar-refractivity contribution is 5.90. The van der Waals surface area contributed by atoms with E-state index in [2.05, 4.69) is 31.1 Å². The number of hydrogen-bond donors (Lipinski definition) is 0. The monoisotopic (exact) mass is 767 g/mol. The summed E-state index contributed by atoms with van der Waals surface area (Å²) in [6.45, 7) is 8.99. The van der Waals surface area contributed by atoms with Gasteiger partial charge < -0.3 is 18.9 Å². The molecule has 1 aliphatic carbocycles. The first-order valence-electron chi connectivity index (χ1n) is 21.9. The van der Waals surface area contributed by atoms with Crippen LogP contribution in [0, 0.1) is 17.8 Å². The second-order valence-corrected chi connectivity index (χ2v) is 15.1. The van der Waals surface area contributed by atoms with E-state index in [-0.39, 0.29) is 18.0 Å². The summed E-state index contributed by atoms with van der Waals surface area (Å²) in [5.41, 5.74) is 0.701. The molecule has 1 saturated carbocycles. The molecule has 0 spiro atoms. The second kappa shape index (κ2) is 31.1. The van der Waals surface area contributed by atoms with Crippen molar-refractivity contribution in [2.24, 2.45) is 5.92 Å². The van der Waals surface area contributed by atoms with E-state index in [9.17, 15) is 9.59 Å². The van der Waals surface area contributed by atoms with Crippen molar-refractivity contribution in [3.8, 4) is 29.1 Å². The zero-order valence-corrected chi connectivity index (χ0v) is 34.3. The van der Waals surface area contributed by atoms with E-state index in [4.69, 9.17) is 18.9 Å². The van der Waals surface area contributed by atoms with Gasteiger partial charge in [-0.2, -0.15) is 0 Å². The summed E-state index contributed by atoms with van der Waals surface area (Å²) in [4.78, 5) is 25.2. The Hall–Kier alpha value is -4.08. The largest absolute Gasteiger partial charge is 0.494 e. The van der Waals surface area contributed by atoms with Gasteiger partial charge in [-0.05, 0) is 113 Å². The van der Waals surface area contributed by atoms with E-state index in [1.165, 1.54) is 103 Å². The SMILES string of the molecule is C=C/C=C/CCCCCCCCCCOc1ccc(C#CC(=O)Oc2ccc(OC(=O)C3CCC(OCCCCCCCCCCCCC=C)CC3)cc2)cc1. The molecule has 0 aliphatic heterocycles. The van der Waals surface area contributed by atoms with Crippen LogP contribution in [0.25, 0.3) is 0 Å². The molecular formula is C50H70O6. The lowest BCUT2D eigenvalue weighted by Crippen LogP contribution is -2.29. The first kappa shape index (κ1) is 46.3. The Morgan fingerprint density at radius 3 is 1.66 bits per heavy atom. The number of unbranched alkanes of at least 4 members (excludes halogenated alkanes) is 18. The Labute approximate surface area is 339 Å². The van der Waals surface area contributed by atoms with E-state index >= 15 is 0 Å². The van der Waals surface area contributed by atoms with Gasteiger partial charge in [0.25, 0.3) is 0 Å². The van der Waals surface area contributed by atoms with Gasteiger partial charge in [-0.3, -0.25) is 4.79 Å². The van der Waals surface area contributed by atoms with Gasteiger partial charge >= 0.3 is 11.9 Å². The van der Waals surface area contributed by atoms with Crippen molar-refractivity contribution < 1.29 is 28.5 Å². The Morgan fingerprint density at radius 2 is 1.09 bits per heavy atom. The first-order valence-corrected chi connectivity index (χ1v) is 21.9. The number of benzene rings is 2. The number of esters is 2. The van der Waals surface area contributed by atoms with Crippen LogP contribution in [0.4, 0.5) is 0 Å². The van der Waals surface area contributed by atoms with Crippen molar-refractivity contribution in [1.82, 2.24) is 0 Å². The minimum atomic E-state index is -0.661. The number of carbonyl (C=O) groups is 2. The van der Waals surface area contributed by atoms with Crippen LogP contribution in [0.3, 0.4) is 0 Å². The van der Waals surface area contributed by atoms with Crippen molar-refractivity contribution in [3.63, 3.8) is 0 Å². The molecule has 0 saturated heterocycles. The average molecular weight is 767 g/mol. The molecule has 0 heterocycles. The number of allylic oxidation sites excluding steroid dienone is 4. The number of hydrogen-bond acceptors (Lipinski definition) is 6. The molecule has 1 fully saturated rings. The van der Waals surface area contributed by atoms with Crippen molar-refractivity contribution >= 4 is 11.9 Å². The molecule has 3 rings (SSSR count). The maximum absolute atomic E-state index is 12.8. The number of ether oxygens (including phenoxy) is 4. The van der Waals surface area contributed by atoms with Crippen LogP contribution in [-0.4, -0.2) is 31.3 Å². The van der Waals surface area contributed by atoms with Gasteiger partial charge in [-0.1, -0.05) is 127 Å². The summed E-state index contributed by atoms with van der Waals surface area (Å²) < 4.78 is 23.0. The van der Waals surface area contributed by atoms with E-state index in [0.29, 0.717) is 23.7 Å². The maximum Gasteiger partial charge on any atom is 0.390 e. The lowest BCUT2D eigenvalue weighted by atomic mass is 9.87. The van der Waals surface area contributed by atoms with E-state index < -0.39 is 5.97 Å². The highest BCUT2D eigenvalue weighted by atomic mass is 16.5. The summed E-state index contributed by atoms with van der Waals surface area (Å²) in [5.74, 6) is 5.95. The summed E-state index contributed by atoms with van der Waals surface area (Å²) in [7, 11) is 0. The van der Waals surface area contributed by atoms with Gasteiger partial charge in [0.15, 0.2) is 0 Å². The lowest BCUT2D eigenvalue weighted by molar-refractivity contribution is -0.141. The Bertz CT molecular complexity index is 1440. The molecule has 0 N–H and O–H groups in total. The fourth-order valence-electron chi connectivity index (χ4n) is 6.99. The third-order valence-corrected chi connectivity index (χ3v) is 10.4. The smallest absolute Gasteiger partial charge is 0.390 e. The number of rotatable bonds is 30. The Balaban J connectivity index is 1.19. The summed E-state index contributed by atoms with van der Waals surface area (Å²) >= 11 is 0. The predicted molar refractivity (Wildman–Crippen MR) is 230 cm³/mol. The molecule has 0 bridgehead atoms. The van der Waals surface area contributed by atoms with Gasteiger partial charge in [0.05, 0.1) is 18.6 Å². The molecule has 56 heavy (non-hydrogen) atoms. The van der Waals surface area contributed by atoms with Crippen LogP contribution in [0.5, 0.6) is 17.2 Å². The van der Waals surface area contributed by atoms with E-state index in [0.717, 1.165) is 63.7 Å². The van der Waals surface area contributed by atoms with Crippen molar-refractivity contribution in [2.75, 3.05) is 13.2 Å². The molecule has 0 radical (unpaired) electrons. The Kier molecular flexibility index (Phi) is 25.7. The van der Waals surface area contributed by atoms with Crippen LogP contribution in [-0.2, 0) is 14.3 Å². The summed E-state index contributed by atoms with van der Waals surface area (Å²) in [6, 6.07) is 13.9. The molecule has 2 aromatic carbocycles. The topological polar surface area (TPSA) is 71.1 Å². The fourth-order valence-corrected chi connectivity index (χ4v) is 6.99. The summed E-state index contributed by atoms with van der Waals surface area (Å²) in [6.07, 6.45) is 36.9. The zero-order chi connectivity index (χ0) is 39.7. The molecule has 6 heteroatoms. The molecule has 0 amide bonds. The molecule has 2 aromatic rings. The van der Waals surface area contributed by atoms with Crippen molar-refractivity contribution in [2.45, 2.75) is 160 Å². The second-order valence-electron chi connectivity index (χ2n) is 15.1. The fraction of sp³-hybridized carbons (Fsp3) is 0.560. The highest BCUT2D eigenvalue weighted by Crippen LogP contribution is 2.29. The van der Waals surface area contributed by atoms with E-state index in [1.54, 1.807) is 24.3 Å². The van der Waals surface area contributed by atoms with Gasteiger partial charge in [0.2, 0.25) is 0 Å². The molecule has 1 aliphatic rings. The lowest BCUT2D eigenvalue weighted by Gasteiger charge is -2.27. The van der Waals surface area contributed by atoms with E-state index in [1.807, 2.05) is 42.5 Å². The highest BCUT2D eigenvalue weighted by Gasteiger charge is 2.28. The van der Waals surface area contributed by atoms with Crippen molar-refractivity contribution in [1.29, 1.82) is 0 Å². The van der Waals surface area contributed by atoms with Crippen molar-refractivity contribution in [3.05, 3.63) is 91.6 Å². The molecule has 0 unspecified atom stereocenters. The number of carbonyl (C=O) groups excluding carboxylic acids is 2. The van der Waals surface area contributed by atoms with Gasteiger partial charge in [-0.25, -0.2) is 4.79 Å². The Morgan fingerprint density at radius 1 is 0.589 bits per heavy atom. The molecular weight excluding hydrogens is 697 g/mol. The minimum absolute atomic E-state index is 0.124. The summed E-state index contributed by atoms with van der Waals surface area (Å²) in [5, 5.41) is 0. The van der Waals surface area contributed by atoms with Crippen LogP contribution in [0.1, 0.15) is 160 Å². The third-order valence-electron chi connectivity index (χ3n) is 10.4. The van der Waals surface area contributed by atoms with Gasteiger partial charge in [-0.15, -0.1) is 6.58 Å². The quantitative estimate of drug-likeness (QED) is 0.0197. The van der Waals surface area contributed by atoms with Gasteiger partial charge in [0.1, 0.15) is 17.2 Å². The average Bonchev–Trinajstić information content (AvgIpc) is 3.22. The van der Waals surface area contributed by atoms with Crippen LogP contribution in [0.2, 0.25) is 0 Å². The molecule has 0 atom stereocenters. The normalized spacial score (nSPS) is 15.1. The minimum Gasteiger partial charge on any atom is -0.494 e. The standard InChI is InChI=1S/C50H70O6/c1-3-5-7-9-11-13-15-17-19-21-23-25-41-53-45-32-27-43(28-33-45)29-40-49(51)55-47-36-38-48(39-37-47)56-50(52)44-30-34-46(35-31-44)54-42-26-24-22-20-18-16-14-12-10-8-6-4-2/h3-5,7,27-28,32-33,36-39,44,46H,1-2,6,8-26,30-31,34-35,41-42H2/b7-5+. The molecule has 0 aromatic heterocycles. The third kappa shape index (κ3) is 22.5. The first-order chi connectivity index (χ1) is 27.6. The van der Waals surface area contributed by atoms with Crippen LogP contribution in [0.15, 0.2) is 86.0 Å². The molecule has 306 valence electrons. The van der Waals surface area contributed by atoms with Crippen LogP contribution >= 0.6 is 0 Å². The zero-order valence-electron chi connectivity index (χ0n) is 34.3. The maximum atomic E-state index is 12.8. The predicted octanol–water partition coefficient (Wildman–Crippen LogP) is 13.2. The van der Waals surface area contributed by atoms with Crippen LogP contribution < -0.4 is 14.2 Å². The van der Waals surface area contributed by atoms with Gasteiger partial charge in [0, 0.05) is 18.1 Å². The molecule has 6 nitrogen and oxygen atoms in total.